The minimum Gasteiger partial charge on any atom is -0.493 e. The van der Waals surface area contributed by atoms with Crippen LogP contribution in [0.4, 0.5) is 5.69 Å². The summed E-state index contributed by atoms with van der Waals surface area (Å²) in [4.78, 5) is 22.1. The van der Waals surface area contributed by atoms with Crippen molar-refractivity contribution in [3.63, 3.8) is 0 Å². The van der Waals surface area contributed by atoms with Crippen LogP contribution in [-0.2, 0) is 11.3 Å². The van der Waals surface area contributed by atoms with E-state index >= 15 is 0 Å². The third-order valence-electron chi connectivity index (χ3n) is 3.32. The van der Waals surface area contributed by atoms with Crippen molar-refractivity contribution < 1.29 is 24.2 Å². The number of hydrogen-bond donors (Lipinski definition) is 3. The van der Waals surface area contributed by atoms with E-state index in [-0.39, 0.29) is 17.2 Å². The molecule has 0 aromatic heterocycles. The van der Waals surface area contributed by atoms with Crippen LogP contribution in [0.2, 0.25) is 5.02 Å². The quantitative estimate of drug-likeness (QED) is 0.663. The van der Waals surface area contributed by atoms with E-state index in [9.17, 15) is 9.59 Å². The molecule has 0 spiro atoms. The number of carbonyl (C=O) groups excluding carboxylic acids is 1. The van der Waals surface area contributed by atoms with Crippen molar-refractivity contribution in [2.75, 3.05) is 19.0 Å². The monoisotopic (exact) mass is 364 g/mol. The number of halogens is 1. The largest absolute Gasteiger partial charge is 0.493 e. The summed E-state index contributed by atoms with van der Waals surface area (Å²) >= 11 is 5.86. The SMILES string of the molecule is COc1cccc(CNc2ccc(Cl)c(C(=O)O)c2)c1OCC(N)=O. The molecular formula is C17H17ClN2O5. The van der Waals surface area contributed by atoms with Crippen molar-refractivity contribution in [3.8, 4) is 11.5 Å². The molecule has 25 heavy (non-hydrogen) atoms. The predicted octanol–water partition coefficient (Wildman–Crippen LogP) is 2.52. The highest BCUT2D eigenvalue weighted by Gasteiger charge is 2.13. The molecule has 0 radical (unpaired) electrons. The van der Waals surface area contributed by atoms with Gasteiger partial charge in [0.1, 0.15) is 0 Å². The summed E-state index contributed by atoms with van der Waals surface area (Å²) in [6, 6.07) is 9.87. The first kappa shape index (κ1) is 18.4. The molecule has 0 aliphatic carbocycles. The molecule has 7 nitrogen and oxygen atoms in total. The van der Waals surface area contributed by atoms with E-state index < -0.39 is 11.9 Å². The van der Waals surface area contributed by atoms with E-state index in [0.717, 1.165) is 0 Å². The van der Waals surface area contributed by atoms with Gasteiger partial charge in [-0.05, 0) is 24.3 Å². The molecule has 0 saturated carbocycles. The number of ether oxygens (including phenoxy) is 2. The summed E-state index contributed by atoms with van der Waals surface area (Å²) in [5.74, 6) is -0.860. The van der Waals surface area contributed by atoms with E-state index in [4.69, 9.17) is 31.9 Å². The number of anilines is 1. The summed E-state index contributed by atoms with van der Waals surface area (Å²) in [6.07, 6.45) is 0. The molecule has 0 heterocycles. The van der Waals surface area contributed by atoms with Crippen LogP contribution in [-0.4, -0.2) is 30.7 Å². The maximum Gasteiger partial charge on any atom is 0.337 e. The number of hydrogen-bond acceptors (Lipinski definition) is 5. The lowest BCUT2D eigenvalue weighted by Crippen LogP contribution is -2.21. The van der Waals surface area contributed by atoms with Gasteiger partial charge in [-0.2, -0.15) is 0 Å². The van der Waals surface area contributed by atoms with Crippen LogP contribution < -0.4 is 20.5 Å². The Balaban J connectivity index is 2.21. The van der Waals surface area contributed by atoms with Gasteiger partial charge in [0.15, 0.2) is 18.1 Å². The highest BCUT2D eigenvalue weighted by molar-refractivity contribution is 6.33. The molecule has 0 unspecified atom stereocenters. The summed E-state index contributed by atoms with van der Waals surface area (Å²) in [7, 11) is 1.49. The molecule has 132 valence electrons. The molecule has 0 saturated heterocycles. The second-order valence-electron chi connectivity index (χ2n) is 5.06. The number of carboxylic acid groups (broad SMARTS) is 1. The fourth-order valence-corrected chi connectivity index (χ4v) is 2.36. The van der Waals surface area contributed by atoms with E-state index in [2.05, 4.69) is 5.32 Å². The number of rotatable bonds is 8. The van der Waals surface area contributed by atoms with Crippen molar-refractivity contribution >= 4 is 29.2 Å². The van der Waals surface area contributed by atoms with Gasteiger partial charge < -0.3 is 25.6 Å². The third-order valence-corrected chi connectivity index (χ3v) is 3.65. The van der Waals surface area contributed by atoms with Gasteiger partial charge in [0.05, 0.1) is 17.7 Å². The van der Waals surface area contributed by atoms with E-state index in [1.165, 1.54) is 19.2 Å². The number of aromatic carboxylic acids is 1. The molecule has 0 atom stereocenters. The van der Waals surface area contributed by atoms with Crippen LogP contribution in [0.25, 0.3) is 0 Å². The van der Waals surface area contributed by atoms with Crippen LogP contribution >= 0.6 is 11.6 Å². The minimum atomic E-state index is -1.11. The first-order chi connectivity index (χ1) is 11.9. The molecule has 8 heteroatoms. The van der Waals surface area contributed by atoms with Gasteiger partial charge >= 0.3 is 5.97 Å². The number of amides is 1. The van der Waals surface area contributed by atoms with Crippen LogP contribution in [0.5, 0.6) is 11.5 Å². The highest BCUT2D eigenvalue weighted by atomic mass is 35.5. The maximum absolute atomic E-state index is 11.1. The molecule has 2 aromatic rings. The van der Waals surface area contributed by atoms with E-state index in [1.807, 2.05) is 0 Å². The Kier molecular flexibility index (Phi) is 6.08. The predicted molar refractivity (Wildman–Crippen MR) is 93.4 cm³/mol. The highest BCUT2D eigenvalue weighted by Crippen LogP contribution is 2.32. The van der Waals surface area contributed by atoms with Crippen molar-refractivity contribution in [2.45, 2.75) is 6.54 Å². The lowest BCUT2D eigenvalue weighted by Gasteiger charge is -2.15. The van der Waals surface area contributed by atoms with Gasteiger partial charge in [0.2, 0.25) is 0 Å². The minimum absolute atomic E-state index is 0.00232. The number of nitrogens with one attached hydrogen (secondary N) is 1. The van der Waals surface area contributed by atoms with Gasteiger partial charge in [0, 0.05) is 17.8 Å². The number of nitrogens with two attached hydrogens (primary N) is 1. The van der Waals surface area contributed by atoms with Crippen LogP contribution in [0.1, 0.15) is 15.9 Å². The standard InChI is InChI=1S/C17H17ClN2O5/c1-24-14-4-2-3-10(16(14)25-9-15(19)21)8-20-11-5-6-13(18)12(7-11)17(22)23/h2-7,20H,8-9H2,1H3,(H2,19,21)(H,22,23). The number of primary amides is 1. The lowest BCUT2D eigenvalue weighted by molar-refractivity contribution is -0.119. The zero-order chi connectivity index (χ0) is 18.4. The van der Waals surface area contributed by atoms with Crippen molar-refractivity contribution in [1.82, 2.24) is 0 Å². The molecular weight excluding hydrogens is 348 g/mol. The molecule has 2 rings (SSSR count). The zero-order valence-corrected chi connectivity index (χ0v) is 14.2. The average molecular weight is 365 g/mol. The molecule has 0 aliphatic rings. The second kappa shape index (κ2) is 8.25. The Hall–Kier alpha value is -2.93. The van der Waals surface area contributed by atoms with Gasteiger partial charge in [-0.25, -0.2) is 4.79 Å². The first-order valence-electron chi connectivity index (χ1n) is 7.26. The Morgan fingerprint density at radius 2 is 2.04 bits per heavy atom. The number of para-hydroxylation sites is 1. The molecule has 4 N–H and O–H groups in total. The zero-order valence-electron chi connectivity index (χ0n) is 13.4. The van der Waals surface area contributed by atoms with Gasteiger partial charge in [-0.1, -0.05) is 23.7 Å². The summed E-state index contributed by atoms with van der Waals surface area (Å²) in [6.45, 7) is 0.0312. The second-order valence-corrected chi connectivity index (χ2v) is 5.46. The van der Waals surface area contributed by atoms with E-state index in [0.29, 0.717) is 29.3 Å². The summed E-state index contributed by atoms with van der Waals surface area (Å²) in [5, 5.41) is 12.4. The fourth-order valence-electron chi connectivity index (χ4n) is 2.16. The topological polar surface area (TPSA) is 111 Å². The lowest BCUT2D eigenvalue weighted by atomic mass is 10.1. The fraction of sp³-hybridized carbons (Fsp3) is 0.176. The van der Waals surface area contributed by atoms with Gasteiger partial charge in [-0.3, -0.25) is 4.79 Å². The van der Waals surface area contributed by atoms with Gasteiger partial charge in [0.25, 0.3) is 5.91 Å². The molecule has 0 bridgehead atoms. The number of benzene rings is 2. The van der Waals surface area contributed by atoms with Crippen molar-refractivity contribution in [3.05, 3.63) is 52.5 Å². The van der Waals surface area contributed by atoms with Crippen molar-refractivity contribution in [1.29, 1.82) is 0 Å². The van der Waals surface area contributed by atoms with E-state index in [1.54, 1.807) is 24.3 Å². The Bertz CT molecular complexity index is 795. The molecule has 0 fully saturated rings. The molecule has 0 aliphatic heterocycles. The Labute approximate surface area is 149 Å². The van der Waals surface area contributed by atoms with Crippen molar-refractivity contribution in [2.24, 2.45) is 5.73 Å². The number of carboxylic acids is 1. The smallest absolute Gasteiger partial charge is 0.337 e. The number of carbonyl (C=O) groups is 2. The third kappa shape index (κ3) is 4.77. The van der Waals surface area contributed by atoms with Crippen LogP contribution in [0.15, 0.2) is 36.4 Å². The Morgan fingerprint density at radius 3 is 2.68 bits per heavy atom. The molecule has 2 aromatic carbocycles. The Morgan fingerprint density at radius 1 is 1.28 bits per heavy atom. The summed E-state index contributed by atoms with van der Waals surface area (Å²) < 4.78 is 10.7. The first-order valence-corrected chi connectivity index (χ1v) is 7.64. The average Bonchev–Trinajstić information content (AvgIpc) is 2.58. The maximum atomic E-state index is 11.1. The van der Waals surface area contributed by atoms with Gasteiger partial charge in [-0.15, -0.1) is 0 Å². The number of methoxy groups -OCH3 is 1. The van der Waals surface area contributed by atoms with Crippen LogP contribution in [0, 0.1) is 0 Å². The molecule has 1 amide bonds. The normalized spacial score (nSPS) is 10.2. The van der Waals surface area contributed by atoms with Crippen LogP contribution in [0.3, 0.4) is 0 Å². The summed E-state index contributed by atoms with van der Waals surface area (Å²) in [5.41, 5.74) is 6.41.